The van der Waals surface area contributed by atoms with Crippen LogP contribution in [0.15, 0.2) is 53.4 Å². The van der Waals surface area contributed by atoms with Crippen molar-refractivity contribution in [3.8, 4) is 5.75 Å². The molecular weight excluding hydrogens is 388 g/mol. The zero-order valence-electron chi connectivity index (χ0n) is 15.3. The average molecular weight is 408 g/mol. The molecule has 0 spiro atoms. The molecule has 2 rings (SSSR count). The molecule has 0 heterocycles. The molecule has 0 aliphatic heterocycles. The van der Waals surface area contributed by atoms with Crippen LogP contribution in [-0.4, -0.2) is 39.1 Å². The number of nitrogens with one attached hydrogen (secondary N) is 1. The highest BCUT2D eigenvalue weighted by Crippen LogP contribution is 2.28. The zero-order valence-corrected chi connectivity index (χ0v) is 16.1. The maximum Gasteiger partial charge on any atom is 0.324 e. The van der Waals surface area contributed by atoms with Gasteiger partial charge in [0.05, 0.1) is 23.5 Å². The van der Waals surface area contributed by atoms with Gasteiger partial charge in [-0.05, 0) is 37.1 Å². The Labute approximate surface area is 162 Å². The number of nitro groups is 1. The third kappa shape index (κ3) is 5.27. The molecule has 1 atom stereocenters. The van der Waals surface area contributed by atoms with E-state index in [9.17, 15) is 23.3 Å². The van der Waals surface area contributed by atoms with Crippen LogP contribution in [0, 0.1) is 10.1 Å². The largest absolute Gasteiger partial charge is 0.490 e. The van der Waals surface area contributed by atoms with Crippen LogP contribution in [0.5, 0.6) is 5.75 Å². The van der Waals surface area contributed by atoms with Crippen molar-refractivity contribution in [1.82, 2.24) is 4.72 Å². The van der Waals surface area contributed by atoms with E-state index in [4.69, 9.17) is 9.47 Å². The lowest BCUT2D eigenvalue weighted by Gasteiger charge is -2.18. The lowest BCUT2D eigenvalue weighted by molar-refractivity contribution is -0.385. The van der Waals surface area contributed by atoms with Crippen LogP contribution in [0.3, 0.4) is 0 Å². The molecule has 0 bridgehead atoms. The Bertz CT molecular complexity index is 946. The van der Waals surface area contributed by atoms with Gasteiger partial charge in [0.15, 0.2) is 5.75 Å². The van der Waals surface area contributed by atoms with Crippen molar-refractivity contribution >= 4 is 21.7 Å². The number of hydrogen-bond acceptors (Lipinski definition) is 7. The van der Waals surface area contributed by atoms with Crippen LogP contribution in [0.4, 0.5) is 5.69 Å². The number of methoxy groups -OCH3 is 1. The molecule has 0 saturated heterocycles. The summed E-state index contributed by atoms with van der Waals surface area (Å²) in [6.07, 6.45) is -0.129. The van der Waals surface area contributed by atoms with E-state index in [-0.39, 0.29) is 29.4 Å². The molecule has 150 valence electrons. The third-order valence-corrected chi connectivity index (χ3v) is 5.29. The van der Waals surface area contributed by atoms with E-state index in [2.05, 4.69) is 4.72 Å². The first-order valence-corrected chi connectivity index (χ1v) is 9.82. The lowest BCUT2D eigenvalue weighted by Crippen LogP contribution is -2.43. The first-order valence-electron chi connectivity index (χ1n) is 8.33. The van der Waals surface area contributed by atoms with Crippen molar-refractivity contribution in [1.29, 1.82) is 0 Å². The van der Waals surface area contributed by atoms with Gasteiger partial charge in [0.1, 0.15) is 6.04 Å². The van der Waals surface area contributed by atoms with Gasteiger partial charge in [0.25, 0.3) is 0 Å². The molecule has 2 aromatic carbocycles. The van der Waals surface area contributed by atoms with Gasteiger partial charge in [0.2, 0.25) is 10.0 Å². The first-order chi connectivity index (χ1) is 13.3. The first kappa shape index (κ1) is 21.3. The monoisotopic (exact) mass is 408 g/mol. The summed E-state index contributed by atoms with van der Waals surface area (Å²) in [5.74, 6) is -0.716. The van der Waals surface area contributed by atoms with Gasteiger partial charge < -0.3 is 9.47 Å². The van der Waals surface area contributed by atoms with E-state index >= 15 is 0 Å². The predicted octanol–water partition coefficient (Wildman–Crippen LogP) is 2.06. The second-order valence-corrected chi connectivity index (χ2v) is 7.42. The highest BCUT2D eigenvalue weighted by Gasteiger charge is 2.28. The minimum atomic E-state index is -3.99. The van der Waals surface area contributed by atoms with Crippen LogP contribution in [-0.2, 0) is 26.0 Å². The normalized spacial score (nSPS) is 12.2. The molecule has 28 heavy (non-hydrogen) atoms. The topological polar surface area (TPSA) is 125 Å². The molecule has 0 radical (unpaired) electrons. The average Bonchev–Trinajstić information content (AvgIpc) is 2.68. The predicted molar refractivity (Wildman–Crippen MR) is 101 cm³/mol. The van der Waals surface area contributed by atoms with Gasteiger partial charge >= 0.3 is 11.7 Å². The van der Waals surface area contributed by atoms with Gasteiger partial charge in [-0.2, -0.15) is 4.72 Å². The molecule has 0 saturated carbocycles. The summed E-state index contributed by atoms with van der Waals surface area (Å²) in [7, 11) is -2.69. The van der Waals surface area contributed by atoms with Crippen molar-refractivity contribution in [3.63, 3.8) is 0 Å². The number of rotatable bonds is 9. The third-order valence-electron chi connectivity index (χ3n) is 3.80. The van der Waals surface area contributed by atoms with Gasteiger partial charge in [-0.3, -0.25) is 14.9 Å². The van der Waals surface area contributed by atoms with E-state index in [1.54, 1.807) is 25.1 Å². The fourth-order valence-electron chi connectivity index (χ4n) is 2.51. The van der Waals surface area contributed by atoms with Crippen LogP contribution in [0.2, 0.25) is 0 Å². The van der Waals surface area contributed by atoms with Crippen molar-refractivity contribution in [3.05, 3.63) is 64.2 Å². The Morgan fingerprint density at radius 2 is 1.89 bits per heavy atom. The maximum atomic E-state index is 12.6. The van der Waals surface area contributed by atoms with Crippen molar-refractivity contribution < 1.29 is 27.6 Å². The van der Waals surface area contributed by atoms with Gasteiger partial charge in [-0.25, -0.2) is 8.42 Å². The molecule has 2 aromatic rings. The van der Waals surface area contributed by atoms with E-state index in [0.29, 0.717) is 5.56 Å². The molecule has 10 heteroatoms. The van der Waals surface area contributed by atoms with Crippen molar-refractivity contribution in [2.24, 2.45) is 0 Å². The Morgan fingerprint density at radius 1 is 1.21 bits per heavy atom. The SMILES string of the molecule is CCOC(=O)C(Cc1ccc(OC)c([N+](=O)[O-])c1)NS(=O)(=O)c1ccccc1. The number of nitrogens with zero attached hydrogens (tertiary/aromatic N) is 1. The summed E-state index contributed by atoms with van der Waals surface area (Å²) in [6.45, 7) is 1.66. The van der Waals surface area contributed by atoms with E-state index in [1.165, 1.54) is 37.4 Å². The molecule has 0 amide bonds. The summed E-state index contributed by atoms with van der Waals surface area (Å²) in [5, 5.41) is 11.2. The summed E-state index contributed by atoms with van der Waals surface area (Å²) in [4.78, 5) is 22.9. The number of benzene rings is 2. The molecule has 0 aliphatic carbocycles. The molecule has 9 nitrogen and oxygen atoms in total. The van der Waals surface area contributed by atoms with Crippen molar-refractivity contribution in [2.75, 3.05) is 13.7 Å². The van der Waals surface area contributed by atoms with E-state index < -0.39 is 27.0 Å². The fourth-order valence-corrected chi connectivity index (χ4v) is 3.72. The minimum Gasteiger partial charge on any atom is -0.490 e. The second kappa shape index (κ2) is 9.29. The Morgan fingerprint density at radius 3 is 2.46 bits per heavy atom. The second-order valence-electron chi connectivity index (χ2n) is 5.71. The maximum absolute atomic E-state index is 12.6. The minimum absolute atomic E-state index is 0.00925. The lowest BCUT2D eigenvalue weighted by atomic mass is 10.1. The highest BCUT2D eigenvalue weighted by molar-refractivity contribution is 7.89. The van der Waals surface area contributed by atoms with Gasteiger partial charge in [0, 0.05) is 6.07 Å². The molecule has 1 N–H and O–H groups in total. The molecule has 0 aromatic heterocycles. The highest BCUT2D eigenvalue weighted by atomic mass is 32.2. The molecule has 1 unspecified atom stereocenters. The zero-order chi connectivity index (χ0) is 20.7. The van der Waals surface area contributed by atoms with E-state index in [0.717, 1.165) is 0 Å². The van der Waals surface area contributed by atoms with Crippen LogP contribution >= 0.6 is 0 Å². The Hall–Kier alpha value is -2.98. The smallest absolute Gasteiger partial charge is 0.324 e. The Balaban J connectivity index is 2.33. The number of sulfonamides is 1. The number of carbonyl (C=O) groups is 1. The number of carbonyl (C=O) groups excluding carboxylic acids is 1. The van der Waals surface area contributed by atoms with Crippen molar-refractivity contribution in [2.45, 2.75) is 24.3 Å². The van der Waals surface area contributed by atoms with Gasteiger partial charge in [-0.15, -0.1) is 0 Å². The van der Waals surface area contributed by atoms with Crippen LogP contribution in [0.25, 0.3) is 0 Å². The number of hydrogen-bond donors (Lipinski definition) is 1. The molecule has 0 aliphatic rings. The standard InChI is InChI=1S/C18H20N2O7S/c1-3-27-18(21)15(19-28(24,25)14-7-5-4-6-8-14)11-13-9-10-17(26-2)16(12-13)20(22)23/h4-10,12,15,19H,3,11H2,1-2H3. The number of nitro benzene ring substituents is 1. The summed E-state index contributed by atoms with van der Waals surface area (Å²) < 4.78 is 37.4. The van der Waals surface area contributed by atoms with Crippen LogP contribution in [0.1, 0.15) is 12.5 Å². The van der Waals surface area contributed by atoms with E-state index in [1.807, 2.05) is 0 Å². The molecule has 0 fully saturated rings. The fraction of sp³-hybridized carbons (Fsp3) is 0.278. The summed E-state index contributed by atoms with van der Waals surface area (Å²) >= 11 is 0. The number of ether oxygens (including phenoxy) is 2. The van der Waals surface area contributed by atoms with Crippen LogP contribution < -0.4 is 9.46 Å². The summed E-state index contributed by atoms with van der Waals surface area (Å²) in [5.41, 5.74) is 0.0924. The number of esters is 1. The Kier molecular flexibility index (Phi) is 7.07. The summed E-state index contributed by atoms with van der Waals surface area (Å²) in [6, 6.07) is 10.5. The quantitative estimate of drug-likeness (QED) is 0.382. The molecular formula is C18H20N2O7S. The van der Waals surface area contributed by atoms with Gasteiger partial charge in [-0.1, -0.05) is 24.3 Å².